The van der Waals surface area contributed by atoms with Gasteiger partial charge in [0.25, 0.3) is 5.91 Å². The lowest BCUT2D eigenvalue weighted by Gasteiger charge is -2.32. The molecule has 10 nitrogen and oxygen atoms in total. The maximum atomic E-state index is 13.0. The van der Waals surface area contributed by atoms with E-state index in [1.165, 1.54) is 42.3 Å². The number of hydrogen-bond donors (Lipinski definition) is 0. The number of likely N-dealkylation sites (tertiary alicyclic amines) is 1. The minimum absolute atomic E-state index is 0.164. The molecule has 1 amide bonds. The van der Waals surface area contributed by atoms with E-state index in [0.717, 1.165) is 11.3 Å². The molecule has 1 fully saturated rings. The summed E-state index contributed by atoms with van der Waals surface area (Å²) in [5, 5.41) is 3.43. The van der Waals surface area contributed by atoms with Gasteiger partial charge in [-0.15, -0.1) is 11.3 Å². The van der Waals surface area contributed by atoms with Crippen molar-refractivity contribution in [2.24, 2.45) is 0 Å². The van der Waals surface area contributed by atoms with E-state index in [4.69, 9.17) is 0 Å². The fourth-order valence-electron chi connectivity index (χ4n) is 3.22. The average Bonchev–Trinajstić information content (AvgIpc) is 3.46. The highest BCUT2D eigenvalue weighted by atomic mass is 32.1. The van der Waals surface area contributed by atoms with Crippen LogP contribution in [-0.2, 0) is 12.7 Å². The van der Waals surface area contributed by atoms with Crippen LogP contribution in [0, 0.1) is 0 Å². The molecule has 0 spiro atoms. The minimum atomic E-state index is -4.72. The minimum Gasteiger partial charge on any atom is -0.337 e. The van der Waals surface area contributed by atoms with E-state index in [-0.39, 0.29) is 24.0 Å². The maximum Gasteiger partial charge on any atom is 0.471 e. The van der Waals surface area contributed by atoms with Crippen molar-refractivity contribution in [3.05, 3.63) is 59.6 Å². The van der Waals surface area contributed by atoms with Gasteiger partial charge in [0, 0.05) is 42.8 Å². The smallest absolute Gasteiger partial charge is 0.337 e. The van der Waals surface area contributed by atoms with Crippen LogP contribution in [0.4, 0.5) is 24.8 Å². The Hall–Kier alpha value is -3.94. The standard InChI is InChI=1S/C20H15F3N8O2S/c21-20(22,23)19-28-16(29-33-19)13-3-2-12(34-13)11-31(14-10-24-4-5-25-14)17-15(26-6-7-27-17)18(32)30-8-1-9-30/h2-7,10H,1,8-9,11H2. The summed E-state index contributed by atoms with van der Waals surface area (Å²) in [7, 11) is 0. The van der Waals surface area contributed by atoms with Crippen molar-refractivity contribution < 1.29 is 22.5 Å². The van der Waals surface area contributed by atoms with Crippen molar-refractivity contribution in [2.75, 3.05) is 18.0 Å². The van der Waals surface area contributed by atoms with Crippen molar-refractivity contribution >= 4 is 28.9 Å². The van der Waals surface area contributed by atoms with Gasteiger partial charge in [-0.3, -0.25) is 9.78 Å². The SMILES string of the molecule is O=C(c1nccnc1N(Cc1ccc(-c2noc(C(F)(F)F)n2)s1)c1cnccn1)N1CCC1. The van der Waals surface area contributed by atoms with E-state index in [1.807, 2.05) is 0 Å². The quantitative estimate of drug-likeness (QED) is 0.402. The van der Waals surface area contributed by atoms with Gasteiger partial charge in [0.1, 0.15) is 0 Å². The molecule has 14 heteroatoms. The Labute approximate surface area is 194 Å². The first-order valence-corrected chi connectivity index (χ1v) is 10.9. The fourth-order valence-corrected chi connectivity index (χ4v) is 4.14. The van der Waals surface area contributed by atoms with Crippen LogP contribution in [0.2, 0.25) is 0 Å². The monoisotopic (exact) mass is 488 g/mol. The molecule has 4 aromatic heterocycles. The lowest BCUT2D eigenvalue weighted by atomic mass is 10.2. The number of anilines is 2. The summed E-state index contributed by atoms with van der Waals surface area (Å²) in [5.41, 5.74) is 0.178. The average molecular weight is 488 g/mol. The molecule has 0 radical (unpaired) electrons. The first kappa shape index (κ1) is 21.9. The van der Waals surface area contributed by atoms with Gasteiger partial charge in [-0.05, 0) is 18.6 Å². The van der Waals surface area contributed by atoms with Crippen molar-refractivity contribution in [3.63, 3.8) is 0 Å². The van der Waals surface area contributed by atoms with Crippen LogP contribution < -0.4 is 4.90 Å². The van der Waals surface area contributed by atoms with Gasteiger partial charge in [-0.1, -0.05) is 5.16 Å². The van der Waals surface area contributed by atoms with Crippen molar-refractivity contribution in [1.29, 1.82) is 0 Å². The number of amides is 1. The van der Waals surface area contributed by atoms with E-state index in [1.54, 1.807) is 21.9 Å². The molecule has 174 valence electrons. The molecule has 0 atom stereocenters. The van der Waals surface area contributed by atoms with Gasteiger partial charge in [-0.2, -0.15) is 18.2 Å². The number of hydrogen-bond acceptors (Lipinski definition) is 10. The van der Waals surface area contributed by atoms with Gasteiger partial charge < -0.3 is 14.3 Å². The highest BCUT2D eigenvalue weighted by Gasteiger charge is 2.38. The van der Waals surface area contributed by atoms with E-state index in [0.29, 0.717) is 29.6 Å². The molecule has 5 heterocycles. The zero-order valence-corrected chi connectivity index (χ0v) is 18.1. The summed E-state index contributed by atoms with van der Waals surface area (Å²) in [6.45, 7) is 1.50. The highest BCUT2D eigenvalue weighted by molar-refractivity contribution is 7.15. The number of nitrogens with zero attached hydrogens (tertiary/aromatic N) is 8. The Morgan fingerprint density at radius 3 is 2.59 bits per heavy atom. The molecule has 1 aliphatic rings. The molecule has 0 bridgehead atoms. The van der Waals surface area contributed by atoms with Gasteiger partial charge in [0.2, 0.25) is 5.82 Å². The second-order valence-electron chi connectivity index (χ2n) is 7.21. The Morgan fingerprint density at radius 2 is 1.91 bits per heavy atom. The summed E-state index contributed by atoms with van der Waals surface area (Å²) in [6, 6.07) is 3.32. The Morgan fingerprint density at radius 1 is 1.12 bits per heavy atom. The lowest BCUT2D eigenvalue weighted by molar-refractivity contribution is -0.159. The molecule has 0 unspecified atom stereocenters. The number of carbonyl (C=O) groups is 1. The lowest BCUT2D eigenvalue weighted by Crippen LogP contribution is -2.43. The topological polar surface area (TPSA) is 114 Å². The first-order valence-electron chi connectivity index (χ1n) is 10.0. The number of thiophene rings is 1. The largest absolute Gasteiger partial charge is 0.471 e. The second-order valence-corrected chi connectivity index (χ2v) is 8.38. The third-order valence-corrected chi connectivity index (χ3v) is 6.04. The molecule has 5 rings (SSSR count). The third kappa shape index (κ3) is 4.31. The van der Waals surface area contributed by atoms with Crippen molar-refractivity contribution in [2.45, 2.75) is 19.1 Å². The van der Waals surface area contributed by atoms with Gasteiger partial charge in [-0.25, -0.2) is 15.0 Å². The zero-order valence-electron chi connectivity index (χ0n) is 17.3. The van der Waals surface area contributed by atoms with Crippen LogP contribution in [0.1, 0.15) is 27.7 Å². The van der Waals surface area contributed by atoms with Crippen LogP contribution in [0.3, 0.4) is 0 Å². The van der Waals surface area contributed by atoms with Crippen LogP contribution in [-0.4, -0.2) is 54.0 Å². The van der Waals surface area contributed by atoms with Crippen LogP contribution in [0.25, 0.3) is 10.7 Å². The Bertz CT molecular complexity index is 1310. The molecule has 0 N–H and O–H groups in total. The Kier molecular flexibility index (Phi) is 5.65. The van der Waals surface area contributed by atoms with Crippen molar-refractivity contribution in [1.82, 2.24) is 35.0 Å². The molecule has 1 aliphatic heterocycles. The van der Waals surface area contributed by atoms with Gasteiger partial charge in [0.15, 0.2) is 17.3 Å². The molecule has 34 heavy (non-hydrogen) atoms. The van der Waals surface area contributed by atoms with E-state index in [2.05, 4.69) is 34.6 Å². The van der Waals surface area contributed by atoms with Gasteiger partial charge >= 0.3 is 12.1 Å². The normalized spacial score (nSPS) is 13.6. The van der Waals surface area contributed by atoms with Crippen LogP contribution in [0.15, 0.2) is 47.6 Å². The summed E-state index contributed by atoms with van der Waals surface area (Å²) < 4.78 is 42.7. The predicted octanol–water partition coefficient (Wildman–Crippen LogP) is 3.58. The summed E-state index contributed by atoms with van der Waals surface area (Å²) in [4.78, 5) is 38.0. The van der Waals surface area contributed by atoms with E-state index >= 15 is 0 Å². The second kappa shape index (κ2) is 8.78. The number of halogens is 3. The molecular weight excluding hydrogens is 473 g/mol. The molecule has 0 aliphatic carbocycles. The number of carbonyl (C=O) groups excluding carboxylic acids is 1. The Balaban J connectivity index is 1.48. The molecule has 4 aromatic rings. The molecule has 1 saturated heterocycles. The van der Waals surface area contributed by atoms with Crippen LogP contribution >= 0.6 is 11.3 Å². The first-order chi connectivity index (χ1) is 16.4. The summed E-state index contributed by atoms with van der Waals surface area (Å²) >= 11 is 1.18. The molecule has 0 aromatic carbocycles. The molecular formula is C20H15F3N8O2S. The number of aromatic nitrogens is 6. The predicted molar refractivity (Wildman–Crippen MR) is 113 cm³/mol. The third-order valence-electron chi connectivity index (χ3n) is 4.97. The van der Waals surface area contributed by atoms with Crippen LogP contribution in [0.5, 0.6) is 0 Å². The maximum absolute atomic E-state index is 13.0. The fraction of sp³-hybridized carbons (Fsp3) is 0.250. The summed E-state index contributed by atoms with van der Waals surface area (Å²) in [6.07, 6.45) is 3.68. The number of rotatable bonds is 6. The van der Waals surface area contributed by atoms with E-state index < -0.39 is 12.1 Å². The highest BCUT2D eigenvalue weighted by Crippen LogP contribution is 2.34. The number of alkyl halides is 3. The van der Waals surface area contributed by atoms with Crippen molar-refractivity contribution in [3.8, 4) is 10.7 Å². The zero-order chi connectivity index (χ0) is 23.7. The summed E-state index contributed by atoms with van der Waals surface area (Å²) in [5.74, 6) is -1.08. The van der Waals surface area contributed by atoms with E-state index in [9.17, 15) is 18.0 Å². The van der Waals surface area contributed by atoms with Gasteiger partial charge in [0.05, 0.1) is 17.6 Å². The molecule has 0 saturated carbocycles.